The number of hydrogen-bond acceptors (Lipinski definition) is 5. The maximum Gasteiger partial charge on any atom is 0.337 e. The van der Waals surface area contributed by atoms with Gasteiger partial charge in [0.25, 0.3) is 11.4 Å². The predicted octanol–water partition coefficient (Wildman–Crippen LogP) is 2.48. The topological polar surface area (TPSA) is 98.2 Å². The van der Waals surface area contributed by atoms with Crippen molar-refractivity contribution < 1.29 is 14.3 Å². The molecule has 25 heavy (non-hydrogen) atoms. The van der Waals surface area contributed by atoms with Gasteiger partial charge in [0.2, 0.25) is 5.89 Å². The molecule has 7 nitrogen and oxygen atoms in total. The molecule has 128 valence electrons. The average molecular weight is 339 g/mol. The molecule has 3 aromatic rings. The Morgan fingerprint density at radius 1 is 1.28 bits per heavy atom. The molecule has 0 radical (unpaired) electrons. The molecule has 7 heteroatoms. The van der Waals surface area contributed by atoms with Gasteiger partial charge in [-0.1, -0.05) is 37.3 Å². The third kappa shape index (κ3) is 3.50. The number of carboxylic acids is 1. The van der Waals surface area contributed by atoms with Gasteiger partial charge < -0.3 is 14.1 Å². The average Bonchev–Trinajstić information content (AvgIpc) is 3.08. The summed E-state index contributed by atoms with van der Waals surface area (Å²) in [6, 6.07) is 11.2. The number of aryl methyl sites for hydroxylation is 1. The van der Waals surface area contributed by atoms with Gasteiger partial charge in [0.05, 0.1) is 5.56 Å². The Morgan fingerprint density at radius 2 is 2.00 bits per heavy atom. The Balaban J connectivity index is 1.91. The van der Waals surface area contributed by atoms with Crippen molar-refractivity contribution in [1.82, 2.24) is 14.8 Å². The molecule has 1 N–H and O–H groups in total. The number of aromatic nitrogens is 3. The minimum absolute atomic E-state index is 0.0193. The number of hydrogen-bond donors (Lipinski definition) is 1. The lowest BCUT2D eigenvalue weighted by Crippen LogP contribution is -2.20. The zero-order chi connectivity index (χ0) is 18.0. The summed E-state index contributed by atoms with van der Waals surface area (Å²) in [5.41, 5.74) is 0.802. The van der Waals surface area contributed by atoms with Crippen molar-refractivity contribution in [2.45, 2.75) is 19.3 Å². The van der Waals surface area contributed by atoms with Crippen molar-refractivity contribution >= 4 is 5.97 Å². The predicted molar refractivity (Wildman–Crippen MR) is 90.5 cm³/mol. The Bertz CT molecular complexity index is 960. The summed E-state index contributed by atoms with van der Waals surface area (Å²) in [6.45, 7) is 1.95. The molecular formula is C18H17N3O4. The van der Waals surface area contributed by atoms with E-state index in [0.29, 0.717) is 5.89 Å². The molecule has 2 aromatic heterocycles. The fourth-order valence-corrected chi connectivity index (χ4v) is 2.58. The molecule has 0 unspecified atom stereocenters. The lowest BCUT2D eigenvalue weighted by molar-refractivity contribution is 0.0696. The van der Waals surface area contributed by atoms with E-state index in [-0.39, 0.29) is 22.9 Å². The quantitative estimate of drug-likeness (QED) is 0.767. The molecule has 1 atom stereocenters. The van der Waals surface area contributed by atoms with Crippen LogP contribution in [0.1, 0.15) is 34.7 Å². The second kappa shape index (κ2) is 6.72. The number of nitrogens with zero attached hydrogens (tertiary/aromatic N) is 3. The van der Waals surface area contributed by atoms with Crippen LogP contribution in [-0.4, -0.2) is 25.8 Å². The molecule has 0 aliphatic carbocycles. The van der Waals surface area contributed by atoms with Crippen molar-refractivity contribution in [3.05, 3.63) is 70.0 Å². The zero-order valence-electron chi connectivity index (χ0n) is 13.8. The van der Waals surface area contributed by atoms with Crippen molar-refractivity contribution in [2.75, 3.05) is 0 Å². The van der Waals surface area contributed by atoms with Crippen LogP contribution < -0.4 is 5.56 Å². The molecule has 0 saturated carbocycles. The largest absolute Gasteiger partial charge is 0.478 e. The van der Waals surface area contributed by atoms with E-state index in [0.717, 1.165) is 12.0 Å². The lowest BCUT2D eigenvalue weighted by atomic mass is 10.0. The van der Waals surface area contributed by atoms with Crippen LogP contribution in [0.5, 0.6) is 0 Å². The number of pyridine rings is 1. The Morgan fingerprint density at radius 3 is 2.68 bits per heavy atom. The molecule has 1 aromatic carbocycles. The summed E-state index contributed by atoms with van der Waals surface area (Å²) in [6.07, 6.45) is 1.97. The summed E-state index contributed by atoms with van der Waals surface area (Å²) >= 11 is 0. The number of rotatable bonds is 5. The smallest absolute Gasteiger partial charge is 0.337 e. The molecule has 0 aliphatic heterocycles. The molecule has 0 fully saturated rings. The minimum atomic E-state index is -1.13. The summed E-state index contributed by atoms with van der Waals surface area (Å²) in [5, 5.41) is 17.1. The molecule has 0 spiro atoms. The highest BCUT2D eigenvalue weighted by molar-refractivity contribution is 5.88. The molecule has 3 rings (SSSR count). The van der Waals surface area contributed by atoms with E-state index in [1.165, 1.54) is 23.9 Å². The van der Waals surface area contributed by atoms with Crippen molar-refractivity contribution in [3.8, 4) is 11.5 Å². The summed E-state index contributed by atoms with van der Waals surface area (Å²) < 4.78 is 6.84. The van der Waals surface area contributed by atoms with Gasteiger partial charge >= 0.3 is 5.97 Å². The van der Waals surface area contributed by atoms with Crippen LogP contribution >= 0.6 is 0 Å². The van der Waals surface area contributed by atoms with Gasteiger partial charge in [-0.05, 0) is 18.1 Å². The Hall–Kier alpha value is -3.22. The first-order chi connectivity index (χ1) is 12.0. The maximum atomic E-state index is 12.3. The Kier molecular flexibility index (Phi) is 4.47. The summed E-state index contributed by atoms with van der Waals surface area (Å²) in [7, 11) is 1.48. The monoisotopic (exact) mass is 339 g/mol. The van der Waals surface area contributed by atoms with Gasteiger partial charge in [-0.15, -0.1) is 10.2 Å². The van der Waals surface area contributed by atoms with Crippen LogP contribution in [0.3, 0.4) is 0 Å². The third-order valence-corrected chi connectivity index (χ3v) is 3.91. The second-order valence-corrected chi connectivity index (χ2v) is 5.90. The minimum Gasteiger partial charge on any atom is -0.478 e. The molecule has 0 amide bonds. The molecule has 2 heterocycles. The molecular weight excluding hydrogens is 322 g/mol. The van der Waals surface area contributed by atoms with Crippen LogP contribution in [0, 0.1) is 0 Å². The first-order valence-corrected chi connectivity index (χ1v) is 7.77. The van der Waals surface area contributed by atoms with Gasteiger partial charge in [0.1, 0.15) is 5.56 Å². The van der Waals surface area contributed by atoms with Crippen LogP contribution in [0.4, 0.5) is 0 Å². The van der Waals surface area contributed by atoms with E-state index < -0.39 is 11.5 Å². The van der Waals surface area contributed by atoms with Crippen LogP contribution in [0.25, 0.3) is 11.5 Å². The van der Waals surface area contributed by atoms with Crippen LogP contribution in [0.2, 0.25) is 0 Å². The fraction of sp³-hybridized carbons (Fsp3) is 0.222. The molecule has 0 aliphatic rings. The van der Waals surface area contributed by atoms with Crippen molar-refractivity contribution in [1.29, 1.82) is 0 Å². The standard InChI is InChI=1S/C18H17N3O4/c1-11(8-12-6-4-3-5-7-12)15-19-20-16(25-15)14-9-13(18(23)24)10-21(2)17(14)22/h3-7,9-11H,8H2,1-2H3,(H,23,24)/t11-/m0/s1. The van der Waals surface area contributed by atoms with Gasteiger partial charge in [0, 0.05) is 19.2 Å². The van der Waals surface area contributed by atoms with Gasteiger partial charge in [-0.3, -0.25) is 4.79 Å². The lowest BCUT2D eigenvalue weighted by Gasteiger charge is -2.06. The fourth-order valence-electron chi connectivity index (χ4n) is 2.58. The van der Waals surface area contributed by atoms with Gasteiger partial charge in [-0.25, -0.2) is 4.79 Å². The second-order valence-electron chi connectivity index (χ2n) is 5.90. The highest BCUT2D eigenvalue weighted by Gasteiger charge is 2.19. The molecule has 0 bridgehead atoms. The summed E-state index contributed by atoms with van der Waals surface area (Å²) in [5.74, 6) is -0.732. The highest BCUT2D eigenvalue weighted by atomic mass is 16.4. The third-order valence-electron chi connectivity index (χ3n) is 3.91. The van der Waals surface area contributed by atoms with Gasteiger partial charge in [-0.2, -0.15) is 0 Å². The number of carbonyl (C=O) groups is 1. The van der Waals surface area contributed by atoms with Crippen LogP contribution in [0.15, 0.2) is 51.8 Å². The Labute approximate surface area is 143 Å². The number of benzene rings is 1. The number of carboxylic acid groups (broad SMARTS) is 1. The van der Waals surface area contributed by atoms with E-state index in [4.69, 9.17) is 9.52 Å². The van der Waals surface area contributed by atoms with E-state index >= 15 is 0 Å². The first kappa shape index (κ1) is 16.6. The zero-order valence-corrected chi connectivity index (χ0v) is 13.8. The highest BCUT2D eigenvalue weighted by Crippen LogP contribution is 2.23. The normalized spacial score (nSPS) is 12.1. The van der Waals surface area contributed by atoms with E-state index in [1.807, 2.05) is 37.3 Å². The summed E-state index contributed by atoms with van der Waals surface area (Å²) in [4.78, 5) is 23.4. The molecule has 0 saturated heterocycles. The SMILES string of the molecule is C[C@@H](Cc1ccccc1)c1nnc(-c2cc(C(=O)O)cn(C)c2=O)o1. The number of aromatic carboxylic acids is 1. The van der Waals surface area contributed by atoms with E-state index in [9.17, 15) is 9.59 Å². The van der Waals surface area contributed by atoms with Crippen LogP contribution in [-0.2, 0) is 13.5 Å². The maximum absolute atomic E-state index is 12.3. The van der Waals surface area contributed by atoms with Crippen molar-refractivity contribution in [2.24, 2.45) is 7.05 Å². The van der Waals surface area contributed by atoms with Gasteiger partial charge in [0.15, 0.2) is 0 Å². The van der Waals surface area contributed by atoms with E-state index in [2.05, 4.69) is 10.2 Å². The van der Waals surface area contributed by atoms with Crippen molar-refractivity contribution in [3.63, 3.8) is 0 Å². The first-order valence-electron chi connectivity index (χ1n) is 7.77. The van der Waals surface area contributed by atoms with E-state index in [1.54, 1.807) is 0 Å².